The van der Waals surface area contributed by atoms with E-state index in [1.54, 1.807) is 6.08 Å². The Morgan fingerprint density at radius 3 is 2.71 bits per heavy atom. The van der Waals surface area contributed by atoms with Gasteiger partial charge in [-0.2, -0.15) is 0 Å². The minimum atomic E-state index is -0.521. The van der Waals surface area contributed by atoms with Crippen molar-refractivity contribution >= 4 is 21.6 Å². The highest BCUT2D eigenvalue weighted by Crippen LogP contribution is 2.25. The molecule has 0 aliphatic heterocycles. The van der Waals surface area contributed by atoms with Gasteiger partial charge in [0.1, 0.15) is 24.0 Å². The van der Waals surface area contributed by atoms with Gasteiger partial charge in [-0.1, -0.05) is 30.9 Å². The Morgan fingerprint density at radius 1 is 1.19 bits per heavy atom. The minimum Gasteiger partial charge on any atom is -0.489 e. The topological polar surface area (TPSA) is 21.3 Å². The molecule has 0 saturated carbocycles. The standard InChI is InChI=1S/C16H14BrF2NO/c1-2-7-21-16-6-4-3-5-11(16)10-20-15-9-13(18)12(17)8-14(15)19/h2-6,8-9,20H,1,7,10H2. The fraction of sp³-hybridized carbons (Fsp3) is 0.125. The van der Waals surface area contributed by atoms with E-state index in [2.05, 4.69) is 27.8 Å². The van der Waals surface area contributed by atoms with Crippen molar-refractivity contribution < 1.29 is 13.5 Å². The summed E-state index contributed by atoms with van der Waals surface area (Å²) in [5.41, 5.74) is 0.955. The molecule has 0 bridgehead atoms. The molecule has 0 heterocycles. The molecule has 0 saturated heterocycles. The quantitative estimate of drug-likeness (QED) is 0.588. The Balaban J connectivity index is 2.13. The van der Waals surface area contributed by atoms with Crippen molar-refractivity contribution in [3.05, 3.63) is 70.7 Å². The van der Waals surface area contributed by atoms with Crippen molar-refractivity contribution in [1.29, 1.82) is 0 Å². The average Bonchev–Trinajstić information content (AvgIpc) is 2.48. The molecule has 110 valence electrons. The molecule has 0 aliphatic rings. The average molecular weight is 354 g/mol. The van der Waals surface area contributed by atoms with Crippen LogP contribution in [-0.4, -0.2) is 6.61 Å². The van der Waals surface area contributed by atoms with Gasteiger partial charge in [0.05, 0.1) is 10.2 Å². The van der Waals surface area contributed by atoms with Crippen LogP contribution in [0.15, 0.2) is 53.5 Å². The first-order chi connectivity index (χ1) is 10.1. The van der Waals surface area contributed by atoms with Crippen molar-refractivity contribution in [2.24, 2.45) is 0 Å². The fourth-order valence-electron chi connectivity index (χ4n) is 1.79. The molecule has 0 fully saturated rings. The first kappa shape index (κ1) is 15.5. The molecule has 21 heavy (non-hydrogen) atoms. The third kappa shape index (κ3) is 4.04. The van der Waals surface area contributed by atoms with E-state index >= 15 is 0 Å². The third-order valence-corrected chi connectivity index (χ3v) is 3.42. The Labute approximate surface area is 130 Å². The number of ether oxygens (including phenoxy) is 1. The molecule has 2 nitrogen and oxygen atoms in total. The van der Waals surface area contributed by atoms with Crippen LogP contribution in [0.3, 0.4) is 0 Å². The zero-order valence-electron chi connectivity index (χ0n) is 11.2. The lowest BCUT2D eigenvalue weighted by atomic mass is 10.2. The van der Waals surface area contributed by atoms with Crippen LogP contribution in [0.1, 0.15) is 5.56 Å². The lowest BCUT2D eigenvalue weighted by Gasteiger charge is -2.12. The summed E-state index contributed by atoms with van der Waals surface area (Å²) in [6, 6.07) is 9.60. The zero-order chi connectivity index (χ0) is 15.2. The molecule has 2 aromatic rings. The number of para-hydroxylation sites is 1. The molecular formula is C16H14BrF2NO. The van der Waals surface area contributed by atoms with Crippen LogP contribution in [0.5, 0.6) is 5.75 Å². The summed E-state index contributed by atoms with van der Waals surface area (Å²) >= 11 is 2.94. The molecule has 2 aromatic carbocycles. The van der Waals surface area contributed by atoms with Gasteiger partial charge >= 0.3 is 0 Å². The van der Waals surface area contributed by atoms with Crippen LogP contribution in [0, 0.1) is 11.6 Å². The maximum atomic E-state index is 13.7. The maximum absolute atomic E-state index is 13.7. The normalized spacial score (nSPS) is 10.2. The van der Waals surface area contributed by atoms with Gasteiger partial charge in [0.15, 0.2) is 0 Å². The van der Waals surface area contributed by atoms with Crippen molar-refractivity contribution in [1.82, 2.24) is 0 Å². The predicted molar refractivity (Wildman–Crippen MR) is 83.5 cm³/mol. The number of benzene rings is 2. The van der Waals surface area contributed by atoms with Gasteiger partial charge in [-0.25, -0.2) is 8.78 Å². The SMILES string of the molecule is C=CCOc1ccccc1CNc1cc(F)c(Br)cc1F. The molecule has 2 rings (SSSR count). The van der Waals surface area contributed by atoms with E-state index in [4.69, 9.17) is 4.74 Å². The van der Waals surface area contributed by atoms with Crippen molar-refractivity contribution in [3.63, 3.8) is 0 Å². The summed E-state index contributed by atoms with van der Waals surface area (Å²) in [4.78, 5) is 0. The highest BCUT2D eigenvalue weighted by Gasteiger charge is 2.09. The van der Waals surface area contributed by atoms with Crippen molar-refractivity contribution in [3.8, 4) is 5.75 Å². The Morgan fingerprint density at radius 2 is 1.95 bits per heavy atom. The molecule has 5 heteroatoms. The summed E-state index contributed by atoms with van der Waals surface area (Å²) in [5, 5.41) is 2.87. The smallest absolute Gasteiger partial charge is 0.147 e. The second-order valence-electron chi connectivity index (χ2n) is 4.31. The van der Waals surface area contributed by atoms with Gasteiger partial charge in [0.25, 0.3) is 0 Å². The van der Waals surface area contributed by atoms with Gasteiger partial charge in [-0.15, -0.1) is 0 Å². The van der Waals surface area contributed by atoms with Gasteiger partial charge in [-0.3, -0.25) is 0 Å². The van der Waals surface area contributed by atoms with Crippen LogP contribution < -0.4 is 10.1 Å². The number of hydrogen-bond donors (Lipinski definition) is 1. The molecule has 1 N–H and O–H groups in total. The summed E-state index contributed by atoms with van der Waals surface area (Å²) in [6.45, 7) is 4.30. The first-order valence-corrected chi connectivity index (χ1v) is 7.11. The highest BCUT2D eigenvalue weighted by atomic mass is 79.9. The lowest BCUT2D eigenvalue weighted by Crippen LogP contribution is -2.05. The van der Waals surface area contributed by atoms with Crippen LogP contribution in [0.25, 0.3) is 0 Å². The molecule has 0 atom stereocenters. The predicted octanol–water partition coefficient (Wildman–Crippen LogP) is 4.90. The van der Waals surface area contributed by atoms with Crippen LogP contribution in [-0.2, 0) is 6.54 Å². The molecule has 0 spiro atoms. The first-order valence-electron chi connectivity index (χ1n) is 6.32. The van der Waals surface area contributed by atoms with E-state index in [-0.39, 0.29) is 10.2 Å². The molecule has 0 aliphatic carbocycles. The number of anilines is 1. The van der Waals surface area contributed by atoms with Gasteiger partial charge < -0.3 is 10.1 Å². The number of hydrogen-bond acceptors (Lipinski definition) is 2. The van der Waals surface area contributed by atoms with E-state index in [1.165, 1.54) is 0 Å². The number of halogens is 3. The van der Waals surface area contributed by atoms with E-state index in [1.807, 2.05) is 24.3 Å². The van der Waals surface area contributed by atoms with Crippen LogP contribution in [0.4, 0.5) is 14.5 Å². The Kier molecular flexibility index (Phi) is 5.33. The number of rotatable bonds is 6. The largest absolute Gasteiger partial charge is 0.489 e. The second-order valence-corrected chi connectivity index (χ2v) is 5.16. The molecular weight excluding hydrogens is 340 g/mol. The molecule has 0 amide bonds. The van der Waals surface area contributed by atoms with Crippen LogP contribution in [0.2, 0.25) is 0 Å². The van der Waals surface area contributed by atoms with Gasteiger partial charge in [0, 0.05) is 18.2 Å². The second kappa shape index (κ2) is 7.22. The van der Waals surface area contributed by atoms with E-state index in [0.29, 0.717) is 18.9 Å². The van der Waals surface area contributed by atoms with Crippen molar-refractivity contribution in [2.45, 2.75) is 6.54 Å². The van der Waals surface area contributed by atoms with E-state index in [9.17, 15) is 8.78 Å². The van der Waals surface area contributed by atoms with E-state index < -0.39 is 11.6 Å². The third-order valence-electron chi connectivity index (χ3n) is 2.81. The Bertz CT molecular complexity index is 646. The molecule has 0 unspecified atom stereocenters. The Hall–Kier alpha value is -1.88. The van der Waals surface area contributed by atoms with Crippen molar-refractivity contribution in [2.75, 3.05) is 11.9 Å². The summed E-state index contributed by atoms with van der Waals surface area (Å²) < 4.78 is 32.8. The van der Waals surface area contributed by atoms with E-state index in [0.717, 1.165) is 17.7 Å². The lowest BCUT2D eigenvalue weighted by molar-refractivity contribution is 0.359. The summed E-state index contributed by atoms with van der Waals surface area (Å²) in [6.07, 6.45) is 1.65. The molecule has 0 radical (unpaired) electrons. The summed E-state index contributed by atoms with van der Waals surface area (Å²) in [7, 11) is 0. The number of nitrogens with one attached hydrogen (secondary N) is 1. The maximum Gasteiger partial charge on any atom is 0.147 e. The van der Waals surface area contributed by atoms with Gasteiger partial charge in [0.2, 0.25) is 0 Å². The van der Waals surface area contributed by atoms with Crippen LogP contribution >= 0.6 is 15.9 Å². The monoisotopic (exact) mass is 353 g/mol. The highest BCUT2D eigenvalue weighted by molar-refractivity contribution is 9.10. The zero-order valence-corrected chi connectivity index (χ0v) is 12.8. The summed E-state index contributed by atoms with van der Waals surface area (Å²) in [5.74, 6) is -0.356. The minimum absolute atomic E-state index is 0.0975. The molecule has 0 aromatic heterocycles. The fourth-order valence-corrected chi connectivity index (χ4v) is 2.10. The van der Waals surface area contributed by atoms with Gasteiger partial charge in [-0.05, 0) is 28.1 Å².